The first-order valence-corrected chi connectivity index (χ1v) is 9.67. The van der Waals surface area contributed by atoms with Crippen LogP contribution in [0.15, 0.2) is 40.9 Å². The zero-order valence-corrected chi connectivity index (χ0v) is 16.0. The lowest BCUT2D eigenvalue weighted by Crippen LogP contribution is -2.48. The van der Waals surface area contributed by atoms with Crippen molar-refractivity contribution in [2.75, 3.05) is 31.1 Å². The summed E-state index contributed by atoms with van der Waals surface area (Å²) in [5.41, 5.74) is 1.12. The molecule has 134 valence electrons. The summed E-state index contributed by atoms with van der Waals surface area (Å²) in [5.74, 6) is -2.24. The number of thiazole rings is 1. The molecule has 0 radical (unpaired) electrons. The molecule has 2 heterocycles. The molecule has 0 unspecified atom stereocenters. The molecular weight excluding hydrogens is 424 g/mol. The highest BCUT2D eigenvalue weighted by molar-refractivity contribution is 9.10. The standard InChI is InChI=1S/C18H14BrF2N3OS/c19-12-2-4-15-16(10-12)26-18(22-15)24-7-5-23(6-8-24)17(25)11-1-3-13(20)14(21)9-11/h1-4,9-10H,5-8H2. The van der Waals surface area contributed by atoms with E-state index in [1.54, 1.807) is 16.2 Å². The van der Waals surface area contributed by atoms with Crippen molar-refractivity contribution >= 4 is 48.5 Å². The van der Waals surface area contributed by atoms with Crippen LogP contribution in [0.3, 0.4) is 0 Å². The van der Waals surface area contributed by atoms with Gasteiger partial charge in [0.15, 0.2) is 16.8 Å². The summed E-state index contributed by atoms with van der Waals surface area (Å²) >= 11 is 5.08. The van der Waals surface area contributed by atoms with Crippen LogP contribution >= 0.6 is 27.3 Å². The number of aromatic nitrogens is 1. The van der Waals surface area contributed by atoms with Gasteiger partial charge in [-0.2, -0.15) is 0 Å². The van der Waals surface area contributed by atoms with Gasteiger partial charge in [0.2, 0.25) is 0 Å². The lowest BCUT2D eigenvalue weighted by Gasteiger charge is -2.34. The Balaban J connectivity index is 1.46. The zero-order valence-electron chi connectivity index (χ0n) is 13.6. The molecule has 4 nitrogen and oxygen atoms in total. The maximum Gasteiger partial charge on any atom is 0.254 e. The molecule has 1 saturated heterocycles. The average Bonchev–Trinajstić information content (AvgIpc) is 3.06. The van der Waals surface area contributed by atoms with Gasteiger partial charge in [0.1, 0.15) is 0 Å². The summed E-state index contributed by atoms with van der Waals surface area (Å²) in [6.07, 6.45) is 0. The molecule has 0 atom stereocenters. The van der Waals surface area contributed by atoms with Gasteiger partial charge in [-0.15, -0.1) is 0 Å². The van der Waals surface area contributed by atoms with Crippen molar-refractivity contribution in [3.63, 3.8) is 0 Å². The van der Waals surface area contributed by atoms with Crippen molar-refractivity contribution in [3.8, 4) is 0 Å². The lowest BCUT2D eigenvalue weighted by molar-refractivity contribution is 0.0746. The van der Waals surface area contributed by atoms with Crippen molar-refractivity contribution in [1.82, 2.24) is 9.88 Å². The third-order valence-corrected chi connectivity index (χ3v) is 5.92. The number of nitrogens with zero attached hydrogens (tertiary/aromatic N) is 3. The minimum absolute atomic E-state index is 0.169. The van der Waals surface area contributed by atoms with Gasteiger partial charge < -0.3 is 9.80 Å². The second-order valence-corrected chi connectivity index (χ2v) is 7.94. The van der Waals surface area contributed by atoms with E-state index in [0.29, 0.717) is 26.2 Å². The quantitative estimate of drug-likeness (QED) is 0.599. The molecule has 2 aromatic carbocycles. The molecule has 0 bridgehead atoms. The van der Waals surface area contributed by atoms with Crippen molar-refractivity contribution in [3.05, 3.63) is 58.1 Å². The van der Waals surface area contributed by atoms with E-state index in [0.717, 1.165) is 32.0 Å². The fraction of sp³-hybridized carbons (Fsp3) is 0.222. The topological polar surface area (TPSA) is 36.4 Å². The Morgan fingerprint density at radius 3 is 2.54 bits per heavy atom. The minimum atomic E-state index is -1.00. The van der Waals surface area contributed by atoms with E-state index in [1.165, 1.54) is 6.07 Å². The third kappa shape index (κ3) is 3.31. The second-order valence-electron chi connectivity index (χ2n) is 6.02. The van der Waals surface area contributed by atoms with Gasteiger partial charge in [0, 0.05) is 36.2 Å². The van der Waals surface area contributed by atoms with Crippen LogP contribution in [-0.4, -0.2) is 42.0 Å². The van der Waals surface area contributed by atoms with Crippen molar-refractivity contribution in [2.24, 2.45) is 0 Å². The Morgan fingerprint density at radius 2 is 1.81 bits per heavy atom. The average molecular weight is 438 g/mol. The first-order valence-electron chi connectivity index (χ1n) is 8.06. The molecule has 8 heteroatoms. The summed E-state index contributed by atoms with van der Waals surface area (Å²) in [6.45, 7) is 2.32. The van der Waals surface area contributed by atoms with Crippen LogP contribution in [0.25, 0.3) is 10.2 Å². The number of carbonyl (C=O) groups excluding carboxylic acids is 1. The molecule has 26 heavy (non-hydrogen) atoms. The number of hydrogen-bond acceptors (Lipinski definition) is 4. The van der Waals surface area contributed by atoms with E-state index >= 15 is 0 Å². The summed E-state index contributed by atoms with van der Waals surface area (Å²) in [4.78, 5) is 20.9. The SMILES string of the molecule is O=C(c1ccc(F)c(F)c1)N1CCN(c2nc3ccc(Br)cc3s2)CC1. The predicted octanol–water partition coefficient (Wildman–Crippen LogP) is 4.30. The number of hydrogen-bond donors (Lipinski definition) is 0. The summed E-state index contributed by atoms with van der Waals surface area (Å²) < 4.78 is 28.5. The predicted molar refractivity (Wildman–Crippen MR) is 102 cm³/mol. The molecule has 0 spiro atoms. The zero-order chi connectivity index (χ0) is 18.3. The van der Waals surface area contributed by atoms with Crippen molar-refractivity contribution in [2.45, 2.75) is 0 Å². The fourth-order valence-electron chi connectivity index (χ4n) is 2.93. The molecule has 1 aliphatic rings. The molecule has 1 aliphatic heterocycles. The molecule has 1 fully saturated rings. The molecule has 4 rings (SSSR count). The van der Waals surface area contributed by atoms with E-state index in [1.807, 2.05) is 18.2 Å². The lowest BCUT2D eigenvalue weighted by atomic mass is 10.1. The number of carbonyl (C=O) groups is 1. The monoisotopic (exact) mass is 437 g/mol. The largest absolute Gasteiger partial charge is 0.345 e. The number of benzene rings is 2. The molecule has 1 aromatic heterocycles. The summed E-state index contributed by atoms with van der Waals surface area (Å²) in [7, 11) is 0. The highest BCUT2D eigenvalue weighted by Gasteiger charge is 2.24. The number of halogens is 3. The van der Waals surface area contributed by atoms with Gasteiger partial charge >= 0.3 is 0 Å². The van der Waals surface area contributed by atoms with E-state index < -0.39 is 11.6 Å². The number of fused-ring (bicyclic) bond motifs is 1. The van der Waals surface area contributed by atoms with Crippen LogP contribution < -0.4 is 4.90 Å². The molecule has 1 amide bonds. The molecule has 3 aromatic rings. The normalized spacial score (nSPS) is 14.9. The third-order valence-electron chi connectivity index (χ3n) is 4.34. The Kier molecular flexibility index (Phi) is 4.62. The van der Waals surface area contributed by atoms with Crippen LogP contribution in [0.2, 0.25) is 0 Å². The van der Waals surface area contributed by atoms with Gasteiger partial charge in [0.05, 0.1) is 10.2 Å². The summed E-state index contributed by atoms with van der Waals surface area (Å²) in [5, 5.41) is 0.929. The number of piperazine rings is 1. The van der Waals surface area contributed by atoms with E-state index in [-0.39, 0.29) is 11.5 Å². The number of amides is 1. The van der Waals surface area contributed by atoms with Crippen LogP contribution in [0.4, 0.5) is 13.9 Å². The highest BCUT2D eigenvalue weighted by Crippen LogP contribution is 2.31. The van der Waals surface area contributed by atoms with Gasteiger partial charge in [-0.25, -0.2) is 13.8 Å². The van der Waals surface area contributed by atoms with Crippen LogP contribution in [0, 0.1) is 11.6 Å². The van der Waals surface area contributed by atoms with Crippen molar-refractivity contribution < 1.29 is 13.6 Å². The van der Waals surface area contributed by atoms with E-state index in [4.69, 9.17) is 0 Å². The first-order chi connectivity index (χ1) is 12.5. The maximum absolute atomic E-state index is 13.4. The Bertz CT molecular complexity index is 986. The number of anilines is 1. The Morgan fingerprint density at radius 1 is 1.04 bits per heavy atom. The second kappa shape index (κ2) is 6.92. The van der Waals surface area contributed by atoms with Gasteiger partial charge in [-0.1, -0.05) is 27.3 Å². The first kappa shape index (κ1) is 17.4. The van der Waals surface area contributed by atoms with E-state index in [2.05, 4.69) is 25.8 Å². The van der Waals surface area contributed by atoms with E-state index in [9.17, 15) is 13.6 Å². The van der Waals surface area contributed by atoms with Crippen LogP contribution in [-0.2, 0) is 0 Å². The number of rotatable bonds is 2. The Hall–Kier alpha value is -2.06. The smallest absolute Gasteiger partial charge is 0.254 e. The Labute approximate surface area is 161 Å². The minimum Gasteiger partial charge on any atom is -0.345 e. The maximum atomic E-state index is 13.4. The van der Waals surface area contributed by atoms with Gasteiger partial charge in [-0.3, -0.25) is 4.79 Å². The molecule has 0 saturated carbocycles. The van der Waals surface area contributed by atoms with Gasteiger partial charge in [-0.05, 0) is 36.4 Å². The summed E-state index contributed by atoms with van der Waals surface area (Å²) in [6, 6.07) is 9.23. The van der Waals surface area contributed by atoms with Gasteiger partial charge in [0.25, 0.3) is 5.91 Å². The van der Waals surface area contributed by atoms with Crippen molar-refractivity contribution in [1.29, 1.82) is 0 Å². The highest BCUT2D eigenvalue weighted by atomic mass is 79.9. The van der Waals surface area contributed by atoms with Crippen LogP contribution in [0.1, 0.15) is 10.4 Å². The molecule has 0 N–H and O–H groups in total. The van der Waals surface area contributed by atoms with Crippen LogP contribution in [0.5, 0.6) is 0 Å². The molecular formula is C18H14BrF2N3OS. The molecule has 0 aliphatic carbocycles. The fourth-order valence-corrected chi connectivity index (χ4v) is 4.50.